The number of hydrogen-bond acceptors (Lipinski definition) is 2. The van der Waals surface area contributed by atoms with Gasteiger partial charge in [0, 0.05) is 25.2 Å². The molecule has 1 atom stereocenters. The van der Waals surface area contributed by atoms with Crippen LogP contribution in [0.3, 0.4) is 0 Å². The highest BCUT2D eigenvalue weighted by molar-refractivity contribution is 5.80. The van der Waals surface area contributed by atoms with Crippen molar-refractivity contribution < 1.29 is 14.4 Å². The smallest absolute Gasteiger partial charge is 0.278 e. The minimum absolute atomic E-state index is 0.0200. The first kappa shape index (κ1) is 17.4. The summed E-state index contributed by atoms with van der Waals surface area (Å²) in [6.45, 7) is 6.61. The number of carbonyl (C=O) groups is 1. The summed E-state index contributed by atoms with van der Waals surface area (Å²) >= 11 is 0. The predicted molar refractivity (Wildman–Crippen MR) is 95.2 cm³/mol. The van der Waals surface area contributed by atoms with Crippen molar-refractivity contribution in [2.75, 3.05) is 32.8 Å². The number of quaternary nitrogens is 1. The van der Waals surface area contributed by atoms with Crippen molar-refractivity contribution in [3.63, 3.8) is 0 Å². The van der Waals surface area contributed by atoms with Crippen LogP contribution >= 0.6 is 0 Å². The van der Waals surface area contributed by atoms with Crippen LogP contribution in [0.25, 0.3) is 0 Å². The van der Waals surface area contributed by atoms with Crippen molar-refractivity contribution in [2.24, 2.45) is 0 Å². The SMILES string of the molecule is C[C@@H](C(=O)NCC1(c2ccccc2)CCOCC1)[NH+]1CCCCC1. The molecule has 2 fully saturated rings. The average Bonchev–Trinajstić information content (AvgIpc) is 2.67. The van der Waals surface area contributed by atoms with Gasteiger partial charge in [0.1, 0.15) is 0 Å². The summed E-state index contributed by atoms with van der Waals surface area (Å²) in [5.41, 5.74) is 1.35. The molecular weight excluding hydrogens is 300 g/mol. The van der Waals surface area contributed by atoms with Gasteiger partial charge in [-0.1, -0.05) is 30.3 Å². The first-order valence-electron chi connectivity index (χ1n) is 9.47. The molecule has 2 N–H and O–H groups in total. The molecule has 0 unspecified atom stereocenters. The largest absolute Gasteiger partial charge is 0.381 e. The van der Waals surface area contributed by atoms with Gasteiger partial charge in [0.25, 0.3) is 5.91 Å². The summed E-state index contributed by atoms with van der Waals surface area (Å²) in [7, 11) is 0. The second kappa shape index (κ2) is 8.13. The van der Waals surface area contributed by atoms with Crippen molar-refractivity contribution in [3.8, 4) is 0 Å². The fraction of sp³-hybridized carbons (Fsp3) is 0.650. The molecule has 0 bridgehead atoms. The maximum absolute atomic E-state index is 12.7. The van der Waals surface area contributed by atoms with E-state index in [1.54, 1.807) is 0 Å². The van der Waals surface area contributed by atoms with E-state index in [-0.39, 0.29) is 17.4 Å². The molecule has 132 valence electrons. The summed E-state index contributed by atoms with van der Waals surface area (Å²) < 4.78 is 5.58. The Hall–Kier alpha value is -1.39. The Morgan fingerprint density at radius 2 is 1.83 bits per heavy atom. The molecule has 0 radical (unpaired) electrons. The minimum Gasteiger partial charge on any atom is -0.381 e. The molecule has 0 spiro atoms. The van der Waals surface area contributed by atoms with E-state index in [4.69, 9.17) is 4.74 Å². The zero-order valence-corrected chi connectivity index (χ0v) is 14.9. The lowest BCUT2D eigenvalue weighted by Gasteiger charge is -2.38. The van der Waals surface area contributed by atoms with Gasteiger partial charge in [0.2, 0.25) is 0 Å². The average molecular weight is 331 g/mol. The molecule has 2 saturated heterocycles. The number of rotatable bonds is 5. The normalized spacial score (nSPS) is 22.7. The lowest BCUT2D eigenvalue weighted by molar-refractivity contribution is -0.918. The molecule has 0 saturated carbocycles. The number of benzene rings is 1. The summed E-state index contributed by atoms with van der Waals surface area (Å²) in [6.07, 6.45) is 5.76. The third-order valence-corrected chi connectivity index (χ3v) is 5.94. The van der Waals surface area contributed by atoms with Gasteiger partial charge >= 0.3 is 0 Å². The molecule has 2 aliphatic heterocycles. The first-order valence-corrected chi connectivity index (χ1v) is 9.47. The minimum atomic E-state index is 0.0200. The zero-order chi connectivity index (χ0) is 16.8. The molecule has 4 nitrogen and oxygen atoms in total. The van der Waals surface area contributed by atoms with Crippen LogP contribution in [0.15, 0.2) is 30.3 Å². The number of amides is 1. The second-order valence-electron chi connectivity index (χ2n) is 7.42. The van der Waals surface area contributed by atoms with Crippen LogP contribution in [0, 0.1) is 0 Å². The number of ether oxygens (including phenoxy) is 1. The summed E-state index contributed by atoms with van der Waals surface area (Å²) in [5.74, 6) is 0.202. The number of piperidine rings is 1. The highest BCUT2D eigenvalue weighted by Gasteiger charge is 2.36. The molecule has 2 heterocycles. The molecule has 1 aromatic rings. The van der Waals surface area contributed by atoms with Crippen LogP contribution in [0.4, 0.5) is 0 Å². The lowest BCUT2D eigenvalue weighted by atomic mass is 9.74. The van der Waals surface area contributed by atoms with E-state index >= 15 is 0 Å². The van der Waals surface area contributed by atoms with Gasteiger partial charge in [-0.05, 0) is 44.6 Å². The third-order valence-electron chi connectivity index (χ3n) is 5.94. The van der Waals surface area contributed by atoms with Gasteiger partial charge < -0.3 is 15.0 Å². The highest BCUT2D eigenvalue weighted by atomic mass is 16.5. The van der Waals surface area contributed by atoms with Gasteiger partial charge in [-0.25, -0.2) is 0 Å². The maximum atomic E-state index is 12.7. The van der Waals surface area contributed by atoms with Crippen molar-refractivity contribution in [3.05, 3.63) is 35.9 Å². The third kappa shape index (κ3) is 3.98. The summed E-state index contributed by atoms with van der Waals surface area (Å²) in [5, 5.41) is 3.27. The Kier molecular flexibility index (Phi) is 5.90. The van der Waals surface area contributed by atoms with Gasteiger partial charge in [-0.15, -0.1) is 0 Å². The molecular formula is C20H31N2O2+. The maximum Gasteiger partial charge on any atom is 0.278 e. The second-order valence-corrected chi connectivity index (χ2v) is 7.42. The molecule has 0 aliphatic carbocycles. The predicted octanol–water partition coefficient (Wildman–Crippen LogP) is 1.31. The number of likely N-dealkylation sites (tertiary alicyclic amines) is 1. The number of hydrogen-bond donors (Lipinski definition) is 2. The first-order chi connectivity index (χ1) is 11.7. The van der Waals surface area contributed by atoms with E-state index in [1.807, 2.05) is 0 Å². The molecule has 0 aromatic heterocycles. The standard InChI is InChI=1S/C20H30N2O2/c1-17(22-12-6-3-7-13-22)19(23)21-16-20(10-14-24-15-11-20)18-8-4-2-5-9-18/h2,4-5,8-9,17H,3,6-7,10-16H2,1H3,(H,21,23)/p+1/t17-/m0/s1. The Labute approximate surface area is 145 Å². The summed E-state index contributed by atoms with van der Waals surface area (Å²) in [6, 6.07) is 10.7. The molecule has 2 aliphatic rings. The Bertz CT molecular complexity index is 520. The summed E-state index contributed by atoms with van der Waals surface area (Å²) in [4.78, 5) is 14.1. The Morgan fingerprint density at radius 1 is 1.17 bits per heavy atom. The highest BCUT2D eigenvalue weighted by Crippen LogP contribution is 2.34. The molecule has 4 heteroatoms. The Morgan fingerprint density at radius 3 is 2.50 bits per heavy atom. The van der Waals surface area contributed by atoms with Crippen LogP contribution in [-0.2, 0) is 14.9 Å². The van der Waals surface area contributed by atoms with E-state index in [9.17, 15) is 4.79 Å². The van der Waals surface area contributed by atoms with E-state index in [0.717, 1.165) is 45.7 Å². The number of carbonyl (C=O) groups excluding carboxylic acids is 1. The molecule has 24 heavy (non-hydrogen) atoms. The van der Waals surface area contributed by atoms with Crippen LogP contribution in [0.5, 0.6) is 0 Å². The van der Waals surface area contributed by atoms with Gasteiger partial charge in [0.05, 0.1) is 13.1 Å². The molecule has 1 amide bonds. The van der Waals surface area contributed by atoms with E-state index in [0.29, 0.717) is 0 Å². The fourth-order valence-corrected chi connectivity index (χ4v) is 4.16. The van der Waals surface area contributed by atoms with Crippen LogP contribution in [0.2, 0.25) is 0 Å². The molecule has 3 rings (SSSR count). The number of nitrogens with one attached hydrogen (secondary N) is 2. The monoisotopic (exact) mass is 331 g/mol. The molecule has 1 aromatic carbocycles. The fourth-order valence-electron chi connectivity index (χ4n) is 4.16. The van der Waals surface area contributed by atoms with Crippen molar-refractivity contribution >= 4 is 5.91 Å². The topological polar surface area (TPSA) is 42.8 Å². The van der Waals surface area contributed by atoms with Gasteiger partial charge in [-0.2, -0.15) is 0 Å². The van der Waals surface area contributed by atoms with Crippen molar-refractivity contribution in [2.45, 2.75) is 50.5 Å². The van der Waals surface area contributed by atoms with Gasteiger partial charge in [0.15, 0.2) is 6.04 Å². The van der Waals surface area contributed by atoms with Crippen molar-refractivity contribution in [1.29, 1.82) is 0 Å². The quantitative estimate of drug-likeness (QED) is 0.854. The van der Waals surface area contributed by atoms with E-state index < -0.39 is 0 Å². The van der Waals surface area contributed by atoms with Crippen LogP contribution < -0.4 is 10.2 Å². The van der Waals surface area contributed by atoms with Crippen LogP contribution in [0.1, 0.15) is 44.6 Å². The Balaban J connectivity index is 1.64. The van der Waals surface area contributed by atoms with E-state index in [2.05, 4.69) is 42.6 Å². The zero-order valence-electron chi connectivity index (χ0n) is 14.9. The lowest BCUT2D eigenvalue weighted by Crippen LogP contribution is -3.17. The van der Waals surface area contributed by atoms with Gasteiger partial charge in [-0.3, -0.25) is 4.79 Å². The van der Waals surface area contributed by atoms with Crippen LogP contribution in [-0.4, -0.2) is 44.8 Å². The van der Waals surface area contributed by atoms with Crippen molar-refractivity contribution in [1.82, 2.24) is 5.32 Å². The van der Waals surface area contributed by atoms with E-state index in [1.165, 1.54) is 29.7 Å².